The fourth-order valence-electron chi connectivity index (χ4n) is 8.91. The largest absolute Gasteiger partial charge is 0.311 e. The van der Waals surface area contributed by atoms with E-state index in [9.17, 15) is 0 Å². The lowest BCUT2D eigenvalue weighted by atomic mass is 9.93. The minimum atomic E-state index is 1.10. The van der Waals surface area contributed by atoms with E-state index in [1.54, 1.807) is 0 Å². The number of para-hydroxylation sites is 2. The molecule has 0 spiro atoms. The van der Waals surface area contributed by atoms with Crippen LogP contribution in [-0.4, -0.2) is 4.57 Å². The van der Waals surface area contributed by atoms with Crippen LogP contribution >= 0.6 is 0 Å². The van der Waals surface area contributed by atoms with Crippen molar-refractivity contribution in [1.29, 1.82) is 0 Å². The van der Waals surface area contributed by atoms with Gasteiger partial charge in [-0.3, -0.25) is 0 Å². The lowest BCUT2D eigenvalue weighted by Gasteiger charge is -2.26. The van der Waals surface area contributed by atoms with E-state index in [0.717, 1.165) is 22.7 Å². The highest BCUT2D eigenvalue weighted by Crippen LogP contribution is 2.42. The lowest BCUT2D eigenvalue weighted by Crippen LogP contribution is -2.09. The van der Waals surface area contributed by atoms with Gasteiger partial charge in [-0.05, 0) is 116 Å². The number of aromatic nitrogens is 1. The number of benzene rings is 10. The summed E-state index contributed by atoms with van der Waals surface area (Å²) < 4.78 is 2.44. The van der Waals surface area contributed by atoms with E-state index in [-0.39, 0.29) is 0 Å². The van der Waals surface area contributed by atoms with Gasteiger partial charge in [-0.2, -0.15) is 0 Å². The second-order valence-corrected chi connectivity index (χ2v) is 15.3. The number of rotatable bonds is 8. The highest BCUT2D eigenvalue weighted by molar-refractivity contribution is 6.25. The van der Waals surface area contributed by atoms with Gasteiger partial charge in [0.05, 0.1) is 11.0 Å². The molecule has 282 valence electrons. The van der Waals surface area contributed by atoms with Crippen molar-refractivity contribution in [2.45, 2.75) is 0 Å². The number of fused-ring (bicyclic) bond motifs is 5. The summed E-state index contributed by atoms with van der Waals surface area (Å²) in [6.45, 7) is 0. The van der Waals surface area contributed by atoms with Crippen molar-refractivity contribution < 1.29 is 0 Å². The van der Waals surface area contributed by atoms with E-state index < -0.39 is 0 Å². The van der Waals surface area contributed by atoms with Crippen LogP contribution in [0.1, 0.15) is 0 Å². The zero-order valence-electron chi connectivity index (χ0n) is 33.0. The van der Waals surface area contributed by atoms with Crippen LogP contribution in [0.15, 0.2) is 243 Å². The van der Waals surface area contributed by atoms with Crippen molar-refractivity contribution in [3.8, 4) is 50.2 Å². The van der Waals surface area contributed by atoms with Gasteiger partial charge in [-0.25, -0.2) is 0 Å². The highest BCUT2D eigenvalue weighted by atomic mass is 15.1. The van der Waals surface area contributed by atoms with Gasteiger partial charge in [0.2, 0.25) is 0 Å². The molecule has 11 aromatic rings. The highest BCUT2D eigenvalue weighted by Gasteiger charge is 2.18. The smallest absolute Gasteiger partial charge is 0.0547 e. The Hall–Kier alpha value is -7.94. The Morgan fingerprint density at radius 2 is 0.767 bits per heavy atom. The van der Waals surface area contributed by atoms with Crippen LogP contribution in [0.2, 0.25) is 0 Å². The first-order valence-electron chi connectivity index (χ1n) is 20.6. The van der Waals surface area contributed by atoms with E-state index in [1.165, 1.54) is 77.1 Å². The molecule has 2 nitrogen and oxygen atoms in total. The topological polar surface area (TPSA) is 8.17 Å². The molecule has 0 aliphatic heterocycles. The van der Waals surface area contributed by atoms with Gasteiger partial charge in [0.15, 0.2) is 0 Å². The van der Waals surface area contributed by atoms with Gasteiger partial charge in [0.1, 0.15) is 0 Å². The molecule has 10 aromatic carbocycles. The van der Waals surface area contributed by atoms with Crippen molar-refractivity contribution in [2.24, 2.45) is 0 Å². The van der Waals surface area contributed by atoms with Gasteiger partial charge < -0.3 is 9.47 Å². The molecule has 0 fully saturated rings. The Kier molecular flexibility index (Phi) is 8.87. The molecule has 0 aliphatic carbocycles. The van der Waals surface area contributed by atoms with Crippen molar-refractivity contribution in [3.63, 3.8) is 0 Å². The van der Waals surface area contributed by atoms with Gasteiger partial charge in [-0.1, -0.05) is 182 Å². The molecule has 60 heavy (non-hydrogen) atoms. The Morgan fingerprint density at radius 3 is 1.42 bits per heavy atom. The van der Waals surface area contributed by atoms with E-state index >= 15 is 0 Å². The lowest BCUT2D eigenvalue weighted by molar-refractivity contribution is 1.18. The minimum Gasteiger partial charge on any atom is -0.311 e. The first-order valence-corrected chi connectivity index (χ1v) is 20.6. The zero-order valence-corrected chi connectivity index (χ0v) is 33.0. The average Bonchev–Trinajstić information content (AvgIpc) is 3.68. The Bertz CT molecular complexity index is 3260. The molecule has 0 N–H and O–H groups in total. The molecule has 0 bridgehead atoms. The molecule has 0 unspecified atom stereocenters. The van der Waals surface area contributed by atoms with Gasteiger partial charge in [-0.15, -0.1) is 0 Å². The number of hydrogen-bond acceptors (Lipinski definition) is 1. The van der Waals surface area contributed by atoms with E-state index in [1.807, 2.05) is 0 Å². The number of hydrogen-bond donors (Lipinski definition) is 0. The first-order chi connectivity index (χ1) is 29.8. The molecule has 11 rings (SSSR count). The first kappa shape index (κ1) is 35.2. The SMILES string of the molecule is c1ccc(-c2ccc(-c3cccc4ccc5c(c6ccccc6n5-c5cccc(-c6ccc(N(c7ccccc7)c7ccc(-c8ccccc8)cc7)cc6)c5)c34)cc2)cc1. The summed E-state index contributed by atoms with van der Waals surface area (Å²) in [6, 6.07) is 87.7. The molecule has 0 amide bonds. The fraction of sp³-hybridized carbons (Fsp3) is 0. The third-order valence-electron chi connectivity index (χ3n) is 11.8. The van der Waals surface area contributed by atoms with Gasteiger partial charge >= 0.3 is 0 Å². The normalized spacial score (nSPS) is 11.3. The molecule has 0 saturated carbocycles. The van der Waals surface area contributed by atoms with Crippen LogP contribution < -0.4 is 4.90 Å². The summed E-state index contributed by atoms with van der Waals surface area (Å²) in [5.41, 5.74) is 16.5. The summed E-state index contributed by atoms with van der Waals surface area (Å²) >= 11 is 0. The molecule has 2 heteroatoms. The molecule has 1 heterocycles. The third-order valence-corrected chi connectivity index (χ3v) is 11.8. The zero-order chi connectivity index (χ0) is 39.8. The molecular formula is C58H40N2. The summed E-state index contributed by atoms with van der Waals surface area (Å²) in [6.07, 6.45) is 0. The maximum absolute atomic E-state index is 2.44. The fourth-order valence-corrected chi connectivity index (χ4v) is 8.91. The minimum absolute atomic E-state index is 1.10. The standard InChI is InChI=1S/C58H40N2/c1-4-14-41(15-5-1)43-26-28-46(29-27-43)53-24-13-18-47-34-39-56-58(57(47)53)54-23-10-11-25-55(54)60(56)52-22-12-19-48(40-52)45-32-37-51(38-33-45)59(49-20-8-3-9-21-49)50-35-30-44(31-36-50)42-16-6-2-7-17-42/h1-40H. The molecule has 1 aromatic heterocycles. The predicted molar refractivity (Wildman–Crippen MR) is 255 cm³/mol. The maximum atomic E-state index is 2.44. The Labute approximate surface area is 350 Å². The summed E-state index contributed by atoms with van der Waals surface area (Å²) in [7, 11) is 0. The monoisotopic (exact) mass is 764 g/mol. The molecule has 0 radical (unpaired) electrons. The quantitative estimate of drug-likeness (QED) is 0.150. The maximum Gasteiger partial charge on any atom is 0.0547 e. The van der Waals surface area contributed by atoms with Crippen LogP contribution in [0.4, 0.5) is 17.1 Å². The Balaban J connectivity index is 0.981. The second kappa shape index (κ2) is 15.1. The predicted octanol–water partition coefficient (Wildman–Crippen LogP) is 16.1. The van der Waals surface area contributed by atoms with Crippen LogP contribution in [0, 0.1) is 0 Å². The summed E-state index contributed by atoms with van der Waals surface area (Å²) in [5, 5.41) is 5.04. The van der Waals surface area contributed by atoms with Crippen LogP contribution in [0.25, 0.3) is 82.8 Å². The third kappa shape index (κ3) is 6.32. The molecule has 0 aliphatic rings. The summed E-state index contributed by atoms with van der Waals surface area (Å²) in [4.78, 5) is 2.32. The number of anilines is 3. The van der Waals surface area contributed by atoms with E-state index in [0.29, 0.717) is 0 Å². The van der Waals surface area contributed by atoms with Crippen LogP contribution in [-0.2, 0) is 0 Å². The van der Waals surface area contributed by atoms with Crippen molar-refractivity contribution in [3.05, 3.63) is 243 Å². The Morgan fingerprint density at radius 1 is 0.283 bits per heavy atom. The van der Waals surface area contributed by atoms with Crippen LogP contribution in [0.3, 0.4) is 0 Å². The van der Waals surface area contributed by atoms with Crippen molar-refractivity contribution >= 4 is 49.6 Å². The summed E-state index contributed by atoms with van der Waals surface area (Å²) in [5.74, 6) is 0. The van der Waals surface area contributed by atoms with Gasteiger partial charge in [0.25, 0.3) is 0 Å². The number of nitrogens with zero attached hydrogens (tertiary/aromatic N) is 2. The average molecular weight is 765 g/mol. The van der Waals surface area contributed by atoms with Crippen LogP contribution in [0.5, 0.6) is 0 Å². The van der Waals surface area contributed by atoms with Gasteiger partial charge in [0, 0.05) is 33.5 Å². The van der Waals surface area contributed by atoms with Crippen molar-refractivity contribution in [2.75, 3.05) is 4.90 Å². The van der Waals surface area contributed by atoms with E-state index in [4.69, 9.17) is 0 Å². The van der Waals surface area contributed by atoms with Crippen molar-refractivity contribution in [1.82, 2.24) is 4.57 Å². The molecule has 0 saturated heterocycles. The second-order valence-electron chi connectivity index (χ2n) is 15.3. The van der Waals surface area contributed by atoms with E-state index in [2.05, 4.69) is 252 Å². The molecule has 0 atom stereocenters. The molecular weight excluding hydrogens is 725 g/mol.